The van der Waals surface area contributed by atoms with E-state index in [0.717, 1.165) is 0 Å². The molecule has 0 aromatic heterocycles. The maximum atomic E-state index is 12.7. The van der Waals surface area contributed by atoms with Crippen LogP contribution in [0.15, 0.2) is 54.6 Å². The van der Waals surface area contributed by atoms with Crippen molar-refractivity contribution in [2.75, 3.05) is 18.6 Å². The van der Waals surface area contributed by atoms with Crippen molar-refractivity contribution in [3.8, 4) is 5.75 Å². The average Bonchev–Trinajstić information content (AvgIpc) is 3.02. The lowest BCUT2D eigenvalue weighted by Crippen LogP contribution is -2.45. The van der Waals surface area contributed by atoms with Crippen molar-refractivity contribution in [3.63, 3.8) is 0 Å². The molecule has 2 amide bonds. The summed E-state index contributed by atoms with van der Waals surface area (Å²) >= 11 is 0. The Kier molecular flexibility index (Phi) is 6.60. The van der Waals surface area contributed by atoms with Crippen molar-refractivity contribution in [3.05, 3.63) is 60.2 Å². The van der Waals surface area contributed by atoms with E-state index in [9.17, 15) is 9.59 Å². The van der Waals surface area contributed by atoms with Gasteiger partial charge in [-0.3, -0.25) is 9.59 Å². The van der Waals surface area contributed by atoms with E-state index < -0.39 is 12.1 Å². The van der Waals surface area contributed by atoms with Crippen molar-refractivity contribution in [2.45, 2.75) is 18.5 Å². The van der Waals surface area contributed by atoms with Crippen molar-refractivity contribution < 1.29 is 14.3 Å². The number of methoxy groups -OCH3 is 1. The van der Waals surface area contributed by atoms with E-state index in [1.54, 1.807) is 30.2 Å². The van der Waals surface area contributed by atoms with Gasteiger partial charge in [-0.1, -0.05) is 42.5 Å². The maximum Gasteiger partial charge on any atom is 0.249 e. The molecule has 0 saturated carbocycles. The number of nitrogens with two attached hydrogens (primary N) is 1. The molecule has 6 nitrogen and oxygen atoms in total. The second kappa shape index (κ2) is 8.69. The van der Waals surface area contributed by atoms with Gasteiger partial charge in [0.2, 0.25) is 11.8 Å². The predicted octanol–water partition coefficient (Wildman–Crippen LogP) is 2.04. The number of nitrogens with zero attached hydrogens (tertiary/aromatic N) is 1. The number of ether oxygens (including phenoxy) is 1. The smallest absolute Gasteiger partial charge is 0.249 e. The van der Waals surface area contributed by atoms with Crippen molar-refractivity contribution in [1.82, 2.24) is 5.32 Å². The summed E-state index contributed by atoms with van der Waals surface area (Å²) in [6, 6.07) is 15.1. The van der Waals surface area contributed by atoms with Crippen LogP contribution in [0.1, 0.15) is 18.0 Å². The number of anilines is 1. The van der Waals surface area contributed by atoms with Crippen molar-refractivity contribution >= 4 is 29.9 Å². The Labute approximate surface area is 158 Å². The molecule has 0 spiro atoms. The highest BCUT2D eigenvalue weighted by Crippen LogP contribution is 2.31. The Hall–Kier alpha value is -2.57. The third-order valence-corrected chi connectivity index (χ3v) is 4.34. The van der Waals surface area contributed by atoms with Gasteiger partial charge in [0.25, 0.3) is 0 Å². The second-order valence-corrected chi connectivity index (χ2v) is 5.90. The summed E-state index contributed by atoms with van der Waals surface area (Å²) in [6.45, 7) is 0.519. The average molecular weight is 376 g/mol. The molecule has 3 rings (SSSR count). The summed E-state index contributed by atoms with van der Waals surface area (Å²) in [7, 11) is 1.57. The highest BCUT2D eigenvalue weighted by molar-refractivity contribution is 6.02. The minimum absolute atomic E-state index is 0. The Morgan fingerprint density at radius 1 is 1.19 bits per heavy atom. The molecule has 1 fully saturated rings. The van der Waals surface area contributed by atoms with Gasteiger partial charge in [0.15, 0.2) is 0 Å². The van der Waals surface area contributed by atoms with Crippen LogP contribution in [0, 0.1) is 0 Å². The van der Waals surface area contributed by atoms with E-state index in [1.165, 1.54) is 0 Å². The molecule has 2 aromatic carbocycles. The van der Waals surface area contributed by atoms with Crippen LogP contribution in [-0.2, 0) is 9.59 Å². The number of carbonyl (C=O) groups excluding carboxylic acids is 2. The zero-order valence-corrected chi connectivity index (χ0v) is 15.2. The minimum Gasteiger partial charge on any atom is -0.495 e. The van der Waals surface area contributed by atoms with E-state index in [1.807, 2.05) is 36.4 Å². The molecule has 0 bridgehead atoms. The van der Waals surface area contributed by atoms with Crippen LogP contribution in [0.3, 0.4) is 0 Å². The van der Waals surface area contributed by atoms with Crippen LogP contribution in [0.4, 0.5) is 5.69 Å². The van der Waals surface area contributed by atoms with Crippen molar-refractivity contribution in [2.24, 2.45) is 5.73 Å². The molecule has 2 unspecified atom stereocenters. The molecule has 1 aliphatic heterocycles. The first-order valence-electron chi connectivity index (χ1n) is 8.17. The van der Waals surface area contributed by atoms with Gasteiger partial charge in [-0.2, -0.15) is 0 Å². The van der Waals surface area contributed by atoms with Gasteiger partial charge < -0.3 is 20.7 Å². The molecule has 26 heavy (non-hydrogen) atoms. The van der Waals surface area contributed by atoms with E-state index in [2.05, 4.69) is 5.32 Å². The molecule has 7 heteroatoms. The van der Waals surface area contributed by atoms with Gasteiger partial charge in [0.1, 0.15) is 17.8 Å². The largest absolute Gasteiger partial charge is 0.495 e. The lowest BCUT2D eigenvalue weighted by atomic mass is 10.1. The maximum absolute atomic E-state index is 12.7. The lowest BCUT2D eigenvalue weighted by Gasteiger charge is -2.20. The Morgan fingerprint density at radius 3 is 2.54 bits per heavy atom. The van der Waals surface area contributed by atoms with Gasteiger partial charge >= 0.3 is 0 Å². The second-order valence-electron chi connectivity index (χ2n) is 5.90. The third kappa shape index (κ3) is 3.98. The number of benzene rings is 2. The van der Waals surface area contributed by atoms with E-state index in [0.29, 0.717) is 30.0 Å². The number of para-hydroxylation sites is 2. The number of carbonyl (C=O) groups is 2. The SMILES string of the molecule is COc1ccccc1N1CCC(NC(=O)C(N)c2ccccc2)C1=O.Cl. The molecule has 1 aliphatic rings. The first-order valence-corrected chi connectivity index (χ1v) is 8.17. The molecule has 0 aliphatic carbocycles. The summed E-state index contributed by atoms with van der Waals surface area (Å²) in [4.78, 5) is 26.7. The first-order chi connectivity index (χ1) is 12.1. The van der Waals surface area contributed by atoms with Gasteiger partial charge in [-0.05, 0) is 24.1 Å². The molecular weight excluding hydrogens is 354 g/mol. The zero-order chi connectivity index (χ0) is 17.8. The molecule has 0 radical (unpaired) electrons. The monoisotopic (exact) mass is 375 g/mol. The molecule has 2 atom stereocenters. The molecule has 3 N–H and O–H groups in total. The summed E-state index contributed by atoms with van der Waals surface area (Å²) in [6.07, 6.45) is 0.532. The zero-order valence-electron chi connectivity index (χ0n) is 14.4. The Balaban J connectivity index is 0.00000243. The normalized spacial score (nSPS) is 17.4. The van der Waals surface area contributed by atoms with E-state index in [-0.39, 0.29) is 24.2 Å². The number of nitrogens with one attached hydrogen (secondary N) is 1. The highest BCUT2D eigenvalue weighted by Gasteiger charge is 2.35. The Bertz CT molecular complexity index is 770. The molecule has 1 saturated heterocycles. The molecule has 2 aromatic rings. The van der Waals surface area contributed by atoms with Crippen LogP contribution in [0.25, 0.3) is 0 Å². The first kappa shape index (κ1) is 19.8. The van der Waals surface area contributed by atoms with Crippen LogP contribution in [0.2, 0.25) is 0 Å². The summed E-state index contributed by atoms with van der Waals surface area (Å²) in [5.41, 5.74) is 7.42. The standard InChI is InChI=1S/C19H21N3O3.ClH/c1-25-16-10-6-5-9-15(16)22-12-11-14(19(22)24)21-18(23)17(20)13-7-3-2-4-8-13;/h2-10,14,17H,11-12,20H2,1H3,(H,21,23);1H. The number of hydrogen-bond donors (Lipinski definition) is 2. The minimum atomic E-state index is -0.797. The van der Waals surface area contributed by atoms with Crippen LogP contribution in [-0.4, -0.2) is 31.5 Å². The number of rotatable bonds is 5. The van der Waals surface area contributed by atoms with E-state index >= 15 is 0 Å². The summed E-state index contributed by atoms with van der Waals surface area (Å²) < 4.78 is 5.32. The van der Waals surface area contributed by atoms with Gasteiger partial charge in [0.05, 0.1) is 12.8 Å². The fourth-order valence-electron chi connectivity index (χ4n) is 2.98. The van der Waals surface area contributed by atoms with Crippen molar-refractivity contribution in [1.29, 1.82) is 0 Å². The number of halogens is 1. The van der Waals surface area contributed by atoms with Crippen LogP contribution in [0.5, 0.6) is 5.75 Å². The number of hydrogen-bond acceptors (Lipinski definition) is 4. The van der Waals surface area contributed by atoms with Crippen LogP contribution >= 0.6 is 12.4 Å². The van der Waals surface area contributed by atoms with Gasteiger partial charge in [0, 0.05) is 6.54 Å². The number of amides is 2. The fourth-order valence-corrected chi connectivity index (χ4v) is 2.98. The Morgan fingerprint density at radius 2 is 1.85 bits per heavy atom. The lowest BCUT2D eigenvalue weighted by molar-refractivity contribution is -0.127. The third-order valence-electron chi connectivity index (χ3n) is 4.34. The molecule has 1 heterocycles. The van der Waals surface area contributed by atoms with E-state index in [4.69, 9.17) is 10.5 Å². The fraction of sp³-hybridized carbons (Fsp3) is 0.263. The summed E-state index contributed by atoms with van der Waals surface area (Å²) in [5.74, 6) is 0.119. The molecular formula is C19H22ClN3O3. The van der Waals surface area contributed by atoms with Crippen LogP contribution < -0.4 is 20.7 Å². The predicted molar refractivity (Wildman–Crippen MR) is 103 cm³/mol. The highest BCUT2D eigenvalue weighted by atomic mass is 35.5. The topological polar surface area (TPSA) is 84.7 Å². The summed E-state index contributed by atoms with van der Waals surface area (Å²) in [5, 5.41) is 2.77. The molecule has 138 valence electrons. The quantitative estimate of drug-likeness (QED) is 0.837. The van der Waals surface area contributed by atoms with Gasteiger partial charge in [-0.25, -0.2) is 0 Å². The van der Waals surface area contributed by atoms with Gasteiger partial charge in [-0.15, -0.1) is 12.4 Å².